The first-order valence-electron chi connectivity index (χ1n) is 5.36. The second-order valence-corrected chi connectivity index (χ2v) is 5.51. The van der Waals surface area contributed by atoms with Crippen molar-refractivity contribution in [1.29, 1.82) is 5.26 Å². The van der Waals surface area contributed by atoms with Gasteiger partial charge in [0.25, 0.3) is 0 Å². The number of nitrogens with one attached hydrogen (secondary N) is 1. The van der Waals surface area contributed by atoms with Gasteiger partial charge in [0.15, 0.2) is 0 Å². The first kappa shape index (κ1) is 13.6. The molecule has 1 aromatic rings. The highest BCUT2D eigenvalue weighted by Crippen LogP contribution is 2.01. The summed E-state index contributed by atoms with van der Waals surface area (Å²) in [6, 6.07) is 4.81. The molecule has 0 saturated carbocycles. The number of hydrogen-bond acceptors (Lipinski definition) is 4. The van der Waals surface area contributed by atoms with Gasteiger partial charge in [0.1, 0.15) is 6.04 Å². The van der Waals surface area contributed by atoms with Gasteiger partial charge in [0, 0.05) is 12.4 Å². The lowest BCUT2D eigenvalue weighted by Crippen LogP contribution is -2.35. The van der Waals surface area contributed by atoms with Crippen LogP contribution < -0.4 is 4.72 Å². The lowest BCUT2D eigenvalue weighted by atomic mass is 10.2. The van der Waals surface area contributed by atoms with Gasteiger partial charge in [-0.25, -0.2) is 8.42 Å². The van der Waals surface area contributed by atoms with E-state index in [1.807, 2.05) is 6.07 Å². The largest absolute Gasteiger partial charge is 0.265 e. The maximum Gasteiger partial charge on any atom is 0.213 e. The van der Waals surface area contributed by atoms with Crippen molar-refractivity contribution in [3.63, 3.8) is 0 Å². The highest BCUT2D eigenvalue weighted by molar-refractivity contribution is 7.89. The molecule has 1 rings (SSSR count). The number of sulfonamides is 1. The molecule has 0 radical (unpaired) electrons. The molecule has 5 nitrogen and oxygen atoms in total. The van der Waals surface area contributed by atoms with Crippen LogP contribution in [0.1, 0.15) is 18.9 Å². The van der Waals surface area contributed by atoms with Gasteiger partial charge >= 0.3 is 0 Å². The lowest BCUT2D eigenvalue weighted by Gasteiger charge is -2.09. The number of pyridine rings is 1. The smallest absolute Gasteiger partial charge is 0.213 e. The van der Waals surface area contributed by atoms with Crippen molar-refractivity contribution in [2.75, 3.05) is 5.75 Å². The Bertz CT molecular complexity index is 479. The van der Waals surface area contributed by atoms with Crippen molar-refractivity contribution < 1.29 is 8.42 Å². The van der Waals surface area contributed by atoms with E-state index in [0.717, 1.165) is 5.56 Å². The molecule has 1 unspecified atom stereocenters. The van der Waals surface area contributed by atoms with Gasteiger partial charge in [-0.1, -0.05) is 6.92 Å². The Hall–Kier alpha value is -1.45. The molecule has 0 aliphatic heterocycles. The summed E-state index contributed by atoms with van der Waals surface area (Å²) in [5, 5.41) is 8.69. The predicted octanol–water partition coefficient (Wildman–Crippen LogP) is 0.846. The van der Waals surface area contributed by atoms with Crippen molar-refractivity contribution in [2.45, 2.75) is 25.8 Å². The monoisotopic (exact) mass is 253 g/mol. The number of nitriles is 1. The van der Waals surface area contributed by atoms with Crippen LogP contribution in [0.3, 0.4) is 0 Å². The van der Waals surface area contributed by atoms with E-state index in [0.29, 0.717) is 12.8 Å². The fraction of sp³-hybridized carbons (Fsp3) is 0.455. The molecular weight excluding hydrogens is 238 g/mol. The number of aryl methyl sites for hydroxylation is 1. The molecule has 17 heavy (non-hydrogen) atoms. The van der Waals surface area contributed by atoms with Gasteiger partial charge in [0.05, 0.1) is 11.8 Å². The summed E-state index contributed by atoms with van der Waals surface area (Å²) in [4.78, 5) is 3.86. The molecule has 0 saturated heterocycles. The minimum absolute atomic E-state index is 0.0187. The molecule has 0 aliphatic rings. The fourth-order valence-corrected chi connectivity index (χ4v) is 2.55. The van der Waals surface area contributed by atoms with Crippen molar-refractivity contribution >= 4 is 10.0 Å². The zero-order chi connectivity index (χ0) is 12.7. The molecule has 0 bridgehead atoms. The van der Waals surface area contributed by atoms with Crippen LogP contribution >= 0.6 is 0 Å². The Morgan fingerprint density at radius 3 is 2.65 bits per heavy atom. The van der Waals surface area contributed by atoms with Gasteiger partial charge in [0.2, 0.25) is 10.0 Å². The molecule has 0 amide bonds. The van der Waals surface area contributed by atoms with Crippen LogP contribution in [0.2, 0.25) is 0 Å². The van der Waals surface area contributed by atoms with Gasteiger partial charge < -0.3 is 0 Å². The molecule has 1 aromatic heterocycles. The minimum atomic E-state index is -3.40. The average Bonchev–Trinajstić information content (AvgIpc) is 2.35. The second-order valence-electron chi connectivity index (χ2n) is 3.63. The zero-order valence-electron chi connectivity index (χ0n) is 9.63. The van der Waals surface area contributed by atoms with Crippen LogP contribution in [0.5, 0.6) is 0 Å². The lowest BCUT2D eigenvalue weighted by molar-refractivity contribution is 0.569. The van der Waals surface area contributed by atoms with Crippen molar-refractivity contribution in [3.8, 4) is 6.07 Å². The van der Waals surface area contributed by atoms with E-state index in [1.165, 1.54) is 0 Å². The van der Waals surface area contributed by atoms with Crippen LogP contribution in [0.15, 0.2) is 24.5 Å². The van der Waals surface area contributed by atoms with Crippen LogP contribution in [0, 0.1) is 11.3 Å². The Morgan fingerprint density at radius 2 is 2.12 bits per heavy atom. The van der Waals surface area contributed by atoms with E-state index in [4.69, 9.17) is 5.26 Å². The summed E-state index contributed by atoms with van der Waals surface area (Å²) in [6.07, 6.45) is 4.13. The standard InChI is InChI=1S/C11H15N3O2S/c1-2-11(9-12)14-17(15,16)8-5-10-3-6-13-7-4-10/h3-4,6-7,11,14H,2,5,8H2,1H3. The highest BCUT2D eigenvalue weighted by Gasteiger charge is 2.15. The predicted molar refractivity (Wildman–Crippen MR) is 64.6 cm³/mol. The number of rotatable bonds is 6. The van der Waals surface area contributed by atoms with Gasteiger partial charge in [-0.05, 0) is 30.5 Å². The Labute approximate surface area is 102 Å². The van der Waals surface area contributed by atoms with E-state index < -0.39 is 16.1 Å². The SMILES string of the molecule is CCC(C#N)NS(=O)(=O)CCc1ccncc1. The molecule has 1 atom stereocenters. The summed E-state index contributed by atoms with van der Waals surface area (Å²) >= 11 is 0. The Balaban J connectivity index is 2.54. The van der Waals surface area contributed by atoms with E-state index >= 15 is 0 Å². The Morgan fingerprint density at radius 1 is 1.47 bits per heavy atom. The van der Waals surface area contributed by atoms with Crippen LogP contribution in [-0.4, -0.2) is 25.2 Å². The second kappa shape index (κ2) is 6.33. The summed E-state index contributed by atoms with van der Waals surface area (Å²) in [6.45, 7) is 1.76. The van der Waals surface area contributed by atoms with Crippen LogP contribution in [-0.2, 0) is 16.4 Å². The summed E-state index contributed by atoms with van der Waals surface area (Å²) in [5.74, 6) is -0.0187. The Kier molecular flexibility index (Phi) is 5.07. The zero-order valence-corrected chi connectivity index (χ0v) is 10.4. The summed E-state index contributed by atoms with van der Waals surface area (Å²) in [5.41, 5.74) is 0.912. The fourth-order valence-electron chi connectivity index (χ4n) is 1.28. The number of hydrogen-bond donors (Lipinski definition) is 1. The molecule has 0 aliphatic carbocycles. The minimum Gasteiger partial charge on any atom is -0.265 e. The molecule has 0 fully saturated rings. The highest BCUT2D eigenvalue weighted by atomic mass is 32.2. The first-order chi connectivity index (χ1) is 8.07. The normalized spacial score (nSPS) is 12.9. The maximum atomic E-state index is 11.7. The third-order valence-electron chi connectivity index (χ3n) is 2.29. The van der Waals surface area contributed by atoms with Gasteiger partial charge in [-0.15, -0.1) is 0 Å². The third kappa shape index (κ3) is 4.93. The number of aromatic nitrogens is 1. The quantitative estimate of drug-likeness (QED) is 0.814. The average molecular weight is 253 g/mol. The van der Waals surface area contributed by atoms with E-state index in [2.05, 4.69) is 9.71 Å². The molecule has 1 N–H and O–H groups in total. The van der Waals surface area contributed by atoms with Crippen molar-refractivity contribution in [3.05, 3.63) is 30.1 Å². The number of nitrogens with zero attached hydrogens (tertiary/aromatic N) is 2. The molecule has 1 heterocycles. The maximum absolute atomic E-state index is 11.7. The topological polar surface area (TPSA) is 82.9 Å². The van der Waals surface area contributed by atoms with Crippen LogP contribution in [0.4, 0.5) is 0 Å². The van der Waals surface area contributed by atoms with E-state index in [9.17, 15) is 8.42 Å². The summed E-state index contributed by atoms with van der Waals surface area (Å²) < 4.78 is 25.7. The van der Waals surface area contributed by atoms with Crippen LogP contribution in [0.25, 0.3) is 0 Å². The van der Waals surface area contributed by atoms with Gasteiger partial charge in [-0.2, -0.15) is 9.98 Å². The molecule has 92 valence electrons. The van der Waals surface area contributed by atoms with Gasteiger partial charge in [-0.3, -0.25) is 4.98 Å². The van der Waals surface area contributed by atoms with E-state index in [1.54, 1.807) is 31.5 Å². The molecule has 6 heteroatoms. The molecule has 0 aromatic carbocycles. The first-order valence-corrected chi connectivity index (χ1v) is 7.01. The summed E-state index contributed by atoms with van der Waals surface area (Å²) in [7, 11) is -3.40. The van der Waals surface area contributed by atoms with Crippen molar-refractivity contribution in [2.24, 2.45) is 0 Å². The third-order valence-corrected chi connectivity index (χ3v) is 3.68. The molecule has 0 spiro atoms. The van der Waals surface area contributed by atoms with E-state index in [-0.39, 0.29) is 5.75 Å². The van der Waals surface area contributed by atoms with Crippen molar-refractivity contribution in [1.82, 2.24) is 9.71 Å². The molecular formula is C11H15N3O2S.